The SMILES string of the molecule is COC1(CNc2ccc(N)c(OCC(C)C)n2)CCC1. The van der Waals surface area contributed by atoms with Crippen molar-refractivity contribution in [1.82, 2.24) is 4.98 Å². The van der Waals surface area contributed by atoms with E-state index in [1.807, 2.05) is 12.1 Å². The molecule has 1 aromatic heterocycles. The second kappa shape index (κ2) is 6.31. The summed E-state index contributed by atoms with van der Waals surface area (Å²) in [5.41, 5.74) is 6.43. The first-order valence-electron chi connectivity index (χ1n) is 7.23. The zero-order valence-corrected chi connectivity index (χ0v) is 12.6. The fourth-order valence-electron chi connectivity index (χ4n) is 2.19. The maximum Gasteiger partial charge on any atom is 0.239 e. The van der Waals surface area contributed by atoms with Crippen molar-refractivity contribution in [3.8, 4) is 5.88 Å². The van der Waals surface area contributed by atoms with Gasteiger partial charge < -0.3 is 20.5 Å². The molecule has 0 unspecified atom stereocenters. The Kier molecular flexibility index (Phi) is 4.70. The molecule has 1 aliphatic rings. The van der Waals surface area contributed by atoms with Crippen LogP contribution in [0.4, 0.5) is 11.5 Å². The normalized spacial score (nSPS) is 16.8. The molecule has 5 heteroatoms. The van der Waals surface area contributed by atoms with E-state index >= 15 is 0 Å². The second-order valence-corrected chi connectivity index (χ2v) is 5.89. The van der Waals surface area contributed by atoms with Gasteiger partial charge in [-0.1, -0.05) is 13.8 Å². The summed E-state index contributed by atoms with van der Waals surface area (Å²) in [5.74, 6) is 1.73. The van der Waals surface area contributed by atoms with E-state index in [2.05, 4.69) is 24.1 Å². The molecule has 0 saturated heterocycles. The summed E-state index contributed by atoms with van der Waals surface area (Å²) in [6.45, 7) is 5.57. The summed E-state index contributed by atoms with van der Waals surface area (Å²) in [4.78, 5) is 4.43. The van der Waals surface area contributed by atoms with E-state index in [1.54, 1.807) is 7.11 Å². The molecule has 0 aliphatic heterocycles. The molecule has 0 radical (unpaired) electrons. The van der Waals surface area contributed by atoms with E-state index in [0.717, 1.165) is 25.2 Å². The highest BCUT2D eigenvalue weighted by atomic mass is 16.5. The Balaban J connectivity index is 1.96. The lowest BCUT2D eigenvalue weighted by molar-refractivity contribution is -0.0601. The molecule has 1 heterocycles. The van der Waals surface area contributed by atoms with Gasteiger partial charge in [0, 0.05) is 13.7 Å². The molecule has 20 heavy (non-hydrogen) atoms. The average molecular weight is 279 g/mol. The van der Waals surface area contributed by atoms with E-state index in [-0.39, 0.29) is 5.60 Å². The van der Waals surface area contributed by atoms with Crippen LogP contribution in [0.15, 0.2) is 12.1 Å². The molecule has 1 aromatic rings. The summed E-state index contributed by atoms with van der Waals surface area (Å²) >= 11 is 0. The van der Waals surface area contributed by atoms with Gasteiger partial charge >= 0.3 is 0 Å². The number of nitrogen functional groups attached to an aromatic ring is 1. The average Bonchev–Trinajstić information content (AvgIpc) is 2.38. The lowest BCUT2D eigenvalue weighted by Gasteiger charge is -2.40. The third-order valence-electron chi connectivity index (χ3n) is 3.73. The molecule has 0 atom stereocenters. The Morgan fingerprint density at radius 1 is 1.40 bits per heavy atom. The minimum absolute atomic E-state index is 0.0258. The van der Waals surface area contributed by atoms with Gasteiger partial charge in [0.1, 0.15) is 5.82 Å². The van der Waals surface area contributed by atoms with Gasteiger partial charge in [0.2, 0.25) is 5.88 Å². The molecule has 1 aliphatic carbocycles. The van der Waals surface area contributed by atoms with Gasteiger partial charge in [-0.15, -0.1) is 0 Å². The number of pyridine rings is 1. The molecular formula is C15H25N3O2. The van der Waals surface area contributed by atoms with E-state index in [0.29, 0.717) is 24.1 Å². The minimum Gasteiger partial charge on any atom is -0.476 e. The number of rotatable bonds is 7. The van der Waals surface area contributed by atoms with Crippen LogP contribution in [0.25, 0.3) is 0 Å². The lowest BCUT2D eigenvalue weighted by Crippen LogP contribution is -2.45. The highest BCUT2D eigenvalue weighted by Crippen LogP contribution is 2.35. The summed E-state index contributed by atoms with van der Waals surface area (Å²) in [5, 5.41) is 3.32. The van der Waals surface area contributed by atoms with Gasteiger partial charge in [0.15, 0.2) is 0 Å². The quantitative estimate of drug-likeness (QED) is 0.803. The minimum atomic E-state index is -0.0258. The van der Waals surface area contributed by atoms with Crippen molar-refractivity contribution < 1.29 is 9.47 Å². The Bertz CT molecular complexity index is 439. The van der Waals surface area contributed by atoms with Crippen LogP contribution in [0, 0.1) is 5.92 Å². The molecule has 3 N–H and O–H groups in total. The third-order valence-corrected chi connectivity index (χ3v) is 3.73. The van der Waals surface area contributed by atoms with Crippen LogP contribution < -0.4 is 15.8 Å². The van der Waals surface area contributed by atoms with Crippen molar-refractivity contribution in [2.24, 2.45) is 5.92 Å². The maximum atomic E-state index is 5.88. The number of nitrogens with two attached hydrogens (primary N) is 1. The predicted molar refractivity (Wildman–Crippen MR) is 81.1 cm³/mol. The fraction of sp³-hybridized carbons (Fsp3) is 0.667. The van der Waals surface area contributed by atoms with Gasteiger partial charge in [-0.2, -0.15) is 4.98 Å². The monoisotopic (exact) mass is 279 g/mol. The standard InChI is InChI=1S/C15H25N3O2/c1-11(2)9-20-14-12(16)5-6-13(18-14)17-10-15(19-3)7-4-8-15/h5-6,11H,4,7-10,16H2,1-3H3,(H,17,18). The Morgan fingerprint density at radius 3 is 2.70 bits per heavy atom. The lowest BCUT2D eigenvalue weighted by atomic mass is 9.80. The first kappa shape index (κ1) is 14.9. The van der Waals surface area contributed by atoms with Gasteiger partial charge in [-0.05, 0) is 37.3 Å². The Labute approximate surface area is 120 Å². The summed E-state index contributed by atoms with van der Waals surface area (Å²) < 4.78 is 11.2. The molecule has 1 fully saturated rings. The third kappa shape index (κ3) is 3.54. The first-order valence-corrected chi connectivity index (χ1v) is 7.23. The van der Waals surface area contributed by atoms with Crippen LogP contribution in [-0.2, 0) is 4.74 Å². The van der Waals surface area contributed by atoms with Crippen molar-refractivity contribution >= 4 is 11.5 Å². The van der Waals surface area contributed by atoms with Crippen molar-refractivity contribution in [2.75, 3.05) is 31.3 Å². The summed E-state index contributed by atoms with van der Waals surface area (Å²) in [6.07, 6.45) is 3.43. The molecule has 0 bridgehead atoms. The molecule has 5 nitrogen and oxygen atoms in total. The molecular weight excluding hydrogens is 254 g/mol. The number of hydrogen-bond acceptors (Lipinski definition) is 5. The van der Waals surface area contributed by atoms with Crippen molar-refractivity contribution in [3.63, 3.8) is 0 Å². The Morgan fingerprint density at radius 2 is 2.15 bits per heavy atom. The Hall–Kier alpha value is -1.49. The predicted octanol–water partition coefficient (Wildman–Crippen LogP) is 2.68. The van der Waals surface area contributed by atoms with E-state index in [4.69, 9.17) is 15.2 Å². The summed E-state index contributed by atoms with van der Waals surface area (Å²) in [6, 6.07) is 3.70. The fourth-order valence-corrected chi connectivity index (χ4v) is 2.19. The van der Waals surface area contributed by atoms with Gasteiger partial charge in [-0.3, -0.25) is 0 Å². The second-order valence-electron chi connectivity index (χ2n) is 5.89. The van der Waals surface area contributed by atoms with E-state index in [9.17, 15) is 0 Å². The molecule has 1 saturated carbocycles. The largest absolute Gasteiger partial charge is 0.476 e. The molecule has 0 spiro atoms. The number of hydrogen-bond donors (Lipinski definition) is 2. The molecule has 0 amide bonds. The zero-order valence-electron chi connectivity index (χ0n) is 12.6. The van der Waals surface area contributed by atoms with E-state index < -0.39 is 0 Å². The first-order chi connectivity index (χ1) is 9.54. The number of nitrogens with one attached hydrogen (secondary N) is 1. The van der Waals surface area contributed by atoms with Crippen molar-refractivity contribution in [1.29, 1.82) is 0 Å². The number of anilines is 2. The van der Waals surface area contributed by atoms with Gasteiger partial charge in [0.25, 0.3) is 0 Å². The van der Waals surface area contributed by atoms with Gasteiger partial charge in [-0.25, -0.2) is 0 Å². The van der Waals surface area contributed by atoms with Crippen LogP contribution >= 0.6 is 0 Å². The number of ether oxygens (including phenoxy) is 2. The molecule has 2 rings (SSSR count). The van der Waals surface area contributed by atoms with Gasteiger partial charge in [0.05, 0.1) is 17.9 Å². The molecule has 112 valence electrons. The van der Waals surface area contributed by atoms with Crippen LogP contribution in [0.3, 0.4) is 0 Å². The summed E-state index contributed by atoms with van der Waals surface area (Å²) in [7, 11) is 1.77. The molecule has 0 aromatic carbocycles. The zero-order chi connectivity index (χ0) is 14.6. The highest BCUT2D eigenvalue weighted by molar-refractivity contribution is 5.53. The van der Waals surface area contributed by atoms with Crippen LogP contribution in [0.5, 0.6) is 5.88 Å². The highest BCUT2D eigenvalue weighted by Gasteiger charge is 2.36. The number of nitrogens with zero attached hydrogens (tertiary/aromatic N) is 1. The smallest absolute Gasteiger partial charge is 0.239 e. The topological polar surface area (TPSA) is 69.4 Å². The van der Waals surface area contributed by atoms with Crippen molar-refractivity contribution in [2.45, 2.75) is 38.7 Å². The van der Waals surface area contributed by atoms with E-state index in [1.165, 1.54) is 6.42 Å². The number of aromatic nitrogens is 1. The van der Waals surface area contributed by atoms with Crippen LogP contribution in [0.2, 0.25) is 0 Å². The van der Waals surface area contributed by atoms with Crippen molar-refractivity contribution in [3.05, 3.63) is 12.1 Å². The maximum absolute atomic E-state index is 5.88. The van der Waals surface area contributed by atoms with Crippen LogP contribution in [-0.4, -0.2) is 30.8 Å². The van der Waals surface area contributed by atoms with Crippen LogP contribution in [0.1, 0.15) is 33.1 Å². The number of methoxy groups -OCH3 is 1.